The highest BCUT2D eigenvalue weighted by Crippen LogP contribution is 2.18. The molecule has 0 saturated heterocycles. The van der Waals surface area contributed by atoms with Crippen molar-refractivity contribution in [3.05, 3.63) is 0 Å². The van der Waals surface area contributed by atoms with Gasteiger partial charge in [0.1, 0.15) is 0 Å². The van der Waals surface area contributed by atoms with Gasteiger partial charge in [-0.3, -0.25) is 0 Å². The Hall–Kier alpha value is -0.0800. The second kappa shape index (κ2) is 8.08. The van der Waals surface area contributed by atoms with Crippen LogP contribution in [0.5, 0.6) is 0 Å². The van der Waals surface area contributed by atoms with E-state index in [-0.39, 0.29) is 0 Å². The van der Waals surface area contributed by atoms with Gasteiger partial charge in [-0.1, -0.05) is 34.1 Å². The first-order chi connectivity index (χ1) is 7.37. The zero-order chi connectivity index (χ0) is 12.6. The van der Waals surface area contributed by atoms with Crippen LogP contribution in [0.1, 0.15) is 60.3 Å². The van der Waals surface area contributed by atoms with Crippen LogP contribution >= 0.6 is 0 Å². The van der Waals surface area contributed by atoms with Gasteiger partial charge in [0.2, 0.25) is 0 Å². The van der Waals surface area contributed by atoms with Gasteiger partial charge in [0.05, 0.1) is 0 Å². The zero-order valence-electron chi connectivity index (χ0n) is 12.0. The molecule has 0 heterocycles. The molecular formula is C14H32N2. The zero-order valence-corrected chi connectivity index (χ0v) is 12.0. The molecular weight excluding hydrogens is 196 g/mol. The molecule has 2 heteroatoms. The number of nitrogens with one attached hydrogen (secondary N) is 1. The fourth-order valence-corrected chi connectivity index (χ4v) is 1.67. The van der Waals surface area contributed by atoms with Gasteiger partial charge in [-0.25, -0.2) is 0 Å². The topological polar surface area (TPSA) is 38.0 Å². The van der Waals surface area contributed by atoms with E-state index >= 15 is 0 Å². The van der Waals surface area contributed by atoms with Crippen LogP contribution in [-0.2, 0) is 0 Å². The van der Waals surface area contributed by atoms with Crippen molar-refractivity contribution >= 4 is 0 Å². The van der Waals surface area contributed by atoms with Crippen molar-refractivity contribution in [1.82, 2.24) is 5.32 Å². The molecule has 2 nitrogen and oxygen atoms in total. The standard InChI is InChI=1S/C14H32N2/c1-6-14(4,5)11-16-10-12(2)8-7-9-13(3)15/h12-13,16H,6-11,15H2,1-5H3. The first kappa shape index (κ1) is 15.9. The van der Waals surface area contributed by atoms with E-state index in [0.29, 0.717) is 11.5 Å². The highest BCUT2D eigenvalue weighted by Gasteiger charge is 2.14. The van der Waals surface area contributed by atoms with Crippen LogP contribution in [0.15, 0.2) is 0 Å². The van der Waals surface area contributed by atoms with Crippen LogP contribution in [-0.4, -0.2) is 19.1 Å². The normalized spacial score (nSPS) is 16.1. The van der Waals surface area contributed by atoms with E-state index in [1.54, 1.807) is 0 Å². The second-order valence-electron chi connectivity index (χ2n) is 6.16. The molecule has 0 amide bonds. The van der Waals surface area contributed by atoms with Gasteiger partial charge >= 0.3 is 0 Å². The van der Waals surface area contributed by atoms with Crippen molar-refractivity contribution in [3.63, 3.8) is 0 Å². The van der Waals surface area contributed by atoms with Crippen LogP contribution in [0.25, 0.3) is 0 Å². The van der Waals surface area contributed by atoms with E-state index in [9.17, 15) is 0 Å². The van der Waals surface area contributed by atoms with Gasteiger partial charge in [-0.05, 0) is 44.1 Å². The molecule has 16 heavy (non-hydrogen) atoms. The maximum atomic E-state index is 5.74. The Bertz CT molecular complexity index is 164. The van der Waals surface area contributed by atoms with Crippen LogP contribution in [0.4, 0.5) is 0 Å². The highest BCUT2D eigenvalue weighted by molar-refractivity contribution is 4.70. The average molecular weight is 228 g/mol. The molecule has 0 saturated carbocycles. The van der Waals surface area contributed by atoms with Gasteiger partial charge in [0.25, 0.3) is 0 Å². The number of hydrogen-bond donors (Lipinski definition) is 2. The number of rotatable bonds is 9. The summed E-state index contributed by atoms with van der Waals surface area (Å²) in [5.41, 5.74) is 6.17. The third-order valence-corrected chi connectivity index (χ3v) is 3.41. The lowest BCUT2D eigenvalue weighted by Gasteiger charge is -2.24. The smallest absolute Gasteiger partial charge is 0.00104 e. The molecule has 0 aliphatic heterocycles. The minimum atomic E-state index is 0.360. The molecule has 0 aliphatic carbocycles. The largest absolute Gasteiger partial charge is 0.328 e. The summed E-state index contributed by atoms with van der Waals surface area (Å²) in [5.74, 6) is 0.770. The quantitative estimate of drug-likeness (QED) is 0.636. The molecule has 0 spiro atoms. The molecule has 0 aromatic rings. The van der Waals surface area contributed by atoms with Crippen LogP contribution in [0.3, 0.4) is 0 Å². The van der Waals surface area contributed by atoms with Crippen molar-refractivity contribution < 1.29 is 0 Å². The van der Waals surface area contributed by atoms with Crippen LogP contribution < -0.4 is 11.1 Å². The second-order valence-corrected chi connectivity index (χ2v) is 6.16. The third kappa shape index (κ3) is 9.17. The van der Waals surface area contributed by atoms with E-state index in [1.807, 2.05) is 0 Å². The lowest BCUT2D eigenvalue weighted by atomic mass is 9.90. The summed E-state index contributed by atoms with van der Waals surface area (Å²) in [5, 5.41) is 3.58. The summed E-state index contributed by atoms with van der Waals surface area (Å²) in [6.07, 6.45) is 4.95. The molecule has 0 aromatic heterocycles. The molecule has 98 valence electrons. The van der Waals surface area contributed by atoms with Crippen LogP contribution in [0.2, 0.25) is 0 Å². The van der Waals surface area contributed by atoms with Crippen molar-refractivity contribution in [3.8, 4) is 0 Å². The Balaban J connectivity index is 3.47. The summed E-state index contributed by atoms with van der Waals surface area (Å²) in [4.78, 5) is 0. The van der Waals surface area contributed by atoms with Crippen molar-refractivity contribution in [2.75, 3.05) is 13.1 Å². The van der Waals surface area contributed by atoms with Gasteiger partial charge in [0.15, 0.2) is 0 Å². The summed E-state index contributed by atoms with van der Waals surface area (Å²) >= 11 is 0. The molecule has 0 rings (SSSR count). The molecule has 3 N–H and O–H groups in total. The van der Waals surface area contributed by atoms with Crippen LogP contribution in [0, 0.1) is 11.3 Å². The predicted octanol–water partition coefficient (Wildman–Crippen LogP) is 3.17. The molecule has 0 radical (unpaired) electrons. The van der Waals surface area contributed by atoms with E-state index in [4.69, 9.17) is 5.73 Å². The summed E-state index contributed by atoms with van der Waals surface area (Å²) in [7, 11) is 0. The van der Waals surface area contributed by atoms with E-state index in [2.05, 4.69) is 39.9 Å². The van der Waals surface area contributed by atoms with Crippen molar-refractivity contribution in [2.24, 2.45) is 17.1 Å². The van der Waals surface area contributed by atoms with Crippen molar-refractivity contribution in [2.45, 2.75) is 66.3 Å². The van der Waals surface area contributed by atoms with E-state index in [1.165, 1.54) is 19.3 Å². The first-order valence-electron chi connectivity index (χ1n) is 6.83. The number of hydrogen-bond acceptors (Lipinski definition) is 2. The predicted molar refractivity (Wildman–Crippen MR) is 73.6 cm³/mol. The fourth-order valence-electron chi connectivity index (χ4n) is 1.67. The molecule has 2 atom stereocenters. The molecule has 0 aromatic carbocycles. The summed E-state index contributed by atoms with van der Waals surface area (Å²) < 4.78 is 0. The summed E-state index contributed by atoms with van der Waals surface area (Å²) in [6, 6.07) is 0.360. The summed E-state index contributed by atoms with van der Waals surface area (Å²) in [6.45, 7) is 13.6. The van der Waals surface area contributed by atoms with Gasteiger partial charge in [-0.2, -0.15) is 0 Å². The lowest BCUT2D eigenvalue weighted by molar-refractivity contribution is 0.314. The van der Waals surface area contributed by atoms with Crippen molar-refractivity contribution in [1.29, 1.82) is 0 Å². The van der Waals surface area contributed by atoms with E-state index in [0.717, 1.165) is 25.4 Å². The molecule has 0 bridgehead atoms. The number of nitrogens with two attached hydrogens (primary N) is 1. The third-order valence-electron chi connectivity index (χ3n) is 3.41. The Kier molecular flexibility index (Phi) is 8.04. The molecule has 0 fully saturated rings. The highest BCUT2D eigenvalue weighted by atomic mass is 14.9. The maximum absolute atomic E-state index is 5.74. The van der Waals surface area contributed by atoms with Gasteiger partial charge in [0, 0.05) is 12.6 Å². The Labute approximate surface area is 102 Å². The Morgan fingerprint density at radius 3 is 2.31 bits per heavy atom. The molecule has 2 unspecified atom stereocenters. The first-order valence-corrected chi connectivity index (χ1v) is 6.83. The van der Waals surface area contributed by atoms with Gasteiger partial charge < -0.3 is 11.1 Å². The monoisotopic (exact) mass is 228 g/mol. The minimum Gasteiger partial charge on any atom is -0.328 e. The average Bonchev–Trinajstić information content (AvgIpc) is 2.17. The Morgan fingerprint density at radius 2 is 1.81 bits per heavy atom. The lowest BCUT2D eigenvalue weighted by Crippen LogP contribution is -2.31. The molecule has 0 aliphatic rings. The van der Waals surface area contributed by atoms with E-state index < -0.39 is 0 Å². The maximum Gasteiger partial charge on any atom is 0.00104 e. The van der Waals surface area contributed by atoms with Gasteiger partial charge in [-0.15, -0.1) is 0 Å². The Morgan fingerprint density at radius 1 is 1.19 bits per heavy atom. The minimum absolute atomic E-state index is 0.360. The fraction of sp³-hybridized carbons (Fsp3) is 1.00. The SMILES string of the molecule is CCC(C)(C)CNCC(C)CCCC(C)N.